The lowest BCUT2D eigenvalue weighted by atomic mass is 10.1. The summed E-state index contributed by atoms with van der Waals surface area (Å²) in [6.07, 6.45) is 2.32. The molecule has 1 aliphatic rings. The van der Waals surface area contributed by atoms with Crippen molar-refractivity contribution in [2.24, 2.45) is 0 Å². The van der Waals surface area contributed by atoms with Crippen molar-refractivity contribution in [2.75, 3.05) is 17.2 Å². The van der Waals surface area contributed by atoms with Crippen molar-refractivity contribution in [3.05, 3.63) is 69.7 Å². The molecule has 1 aromatic heterocycles. The molecule has 0 saturated carbocycles. The van der Waals surface area contributed by atoms with E-state index in [1.165, 1.54) is 6.07 Å². The number of nitrogens with zero attached hydrogens (tertiary/aromatic N) is 3. The number of benzene rings is 2. The fraction of sp³-hybridized carbons (Fsp3) is 0.273. The average Bonchev–Trinajstić information content (AvgIpc) is 3.46. The first-order chi connectivity index (χ1) is 15.5. The summed E-state index contributed by atoms with van der Waals surface area (Å²) in [4.78, 5) is 27.1. The van der Waals surface area contributed by atoms with Crippen molar-refractivity contribution in [1.29, 1.82) is 0 Å². The minimum Gasteiger partial charge on any atom is -0.320 e. The number of nitrogens with one attached hydrogen (secondary N) is 2. The Labute approximate surface area is 187 Å². The molecular weight excluding hydrogens is 436 g/mol. The molecular formula is C22H21F2N5O2S. The van der Waals surface area contributed by atoms with Crippen LogP contribution in [0, 0.1) is 11.6 Å². The molecule has 1 fully saturated rings. The molecule has 1 atom stereocenters. The van der Waals surface area contributed by atoms with Gasteiger partial charge in [0.2, 0.25) is 5.01 Å². The molecule has 1 unspecified atom stereocenters. The third-order valence-electron chi connectivity index (χ3n) is 5.25. The quantitative estimate of drug-likeness (QED) is 0.565. The maximum Gasteiger partial charge on any atom is 0.322 e. The predicted octanol–water partition coefficient (Wildman–Crippen LogP) is 5.00. The van der Waals surface area contributed by atoms with Crippen molar-refractivity contribution >= 4 is 34.6 Å². The van der Waals surface area contributed by atoms with Gasteiger partial charge in [-0.15, -0.1) is 10.2 Å². The number of likely N-dealkylation sites (tertiary alicyclic amines) is 1. The molecule has 0 bridgehead atoms. The van der Waals surface area contributed by atoms with Crippen LogP contribution in [0.25, 0.3) is 0 Å². The Kier molecular flexibility index (Phi) is 6.40. The van der Waals surface area contributed by atoms with E-state index >= 15 is 0 Å². The first-order valence-electron chi connectivity index (χ1n) is 10.2. The topological polar surface area (TPSA) is 87.2 Å². The normalized spacial score (nSPS) is 15.6. The van der Waals surface area contributed by atoms with Crippen LogP contribution in [0.3, 0.4) is 0 Å². The Morgan fingerprint density at radius 3 is 2.72 bits per heavy atom. The lowest BCUT2D eigenvalue weighted by Crippen LogP contribution is -2.34. The minimum atomic E-state index is -1.06. The molecule has 3 aromatic rings. The van der Waals surface area contributed by atoms with E-state index in [4.69, 9.17) is 0 Å². The van der Waals surface area contributed by atoms with Gasteiger partial charge in [-0.25, -0.2) is 13.6 Å². The number of hydrogen-bond donors (Lipinski definition) is 2. The van der Waals surface area contributed by atoms with Gasteiger partial charge < -0.3 is 15.5 Å². The number of carbonyl (C=O) groups excluding carboxylic acids is 2. The summed E-state index contributed by atoms with van der Waals surface area (Å²) in [5.41, 5.74) is 1.93. The zero-order chi connectivity index (χ0) is 22.7. The maximum absolute atomic E-state index is 13.4. The van der Waals surface area contributed by atoms with Crippen LogP contribution in [-0.4, -0.2) is 33.6 Å². The number of urea groups is 1. The van der Waals surface area contributed by atoms with Crippen LogP contribution in [0.5, 0.6) is 0 Å². The molecule has 0 radical (unpaired) electrons. The standard InChI is InChI=1S/C22H21F2N5O2S/c1-2-13-6-3-4-7-17(13)26-22(31)29-11-5-8-18(29)20-27-28-21(32-20)19(30)25-14-9-10-15(23)16(24)12-14/h3-4,6-7,9-10,12,18H,2,5,8,11H2,1H3,(H,25,30)(H,26,31). The highest BCUT2D eigenvalue weighted by atomic mass is 32.1. The second kappa shape index (κ2) is 9.39. The van der Waals surface area contributed by atoms with Gasteiger partial charge in [0.15, 0.2) is 11.6 Å². The summed E-state index contributed by atoms with van der Waals surface area (Å²) in [5.74, 6) is -2.63. The molecule has 2 N–H and O–H groups in total. The van der Waals surface area contributed by atoms with Crippen LogP contribution in [0.4, 0.5) is 25.0 Å². The first-order valence-corrected chi connectivity index (χ1v) is 11.0. The fourth-order valence-electron chi connectivity index (χ4n) is 3.62. The van der Waals surface area contributed by atoms with Gasteiger partial charge in [0.05, 0.1) is 6.04 Å². The van der Waals surface area contributed by atoms with Gasteiger partial charge in [-0.2, -0.15) is 0 Å². The van der Waals surface area contributed by atoms with E-state index in [0.717, 1.165) is 47.6 Å². The zero-order valence-corrected chi connectivity index (χ0v) is 18.1. The highest BCUT2D eigenvalue weighted by molar-refractivity contribution is 7.13. The van der Waals surface area contributed by atoms with Crippen molar-refractivity contribution in [3.8, 4) is 0 Å². The van der Waals surface area contributed by atoms with Gasteiger partial charge in [-0.05, 0) is 43.0 Å². The largest absolute Gasteiger partial charge is 0.322 e. The van der Waals surface area contributed by atoms with Crippen LogP contribution in [0.2, 0.25) is 0 Å². The maximum atomic E-state index is 13.4. The van der Waals surface area contributed by atoms with Crippen LogP contribution < -0.4 is 10.6 Å². The van der Waals surface area contributed by atoms with Crippen molar-refractivity contribution in [2.45, 2.75) is 32.2 Å². The van der Waals surface area contributed by atoms with E-state index < -0.39 is 17.5 Å². The molecule has 1 aliphatic heterocycles. The molecule has 7 nitrogen and oxygen atoms in total. The van der Waals surface area contributed by atoms with Gasteiger partial charge in [0.25, 0.3) is 5.91 Å². The number of aryl methyl sites for hydroxylation is 1. The van der Waals surface area contributed by atoms with Crippen LogP contribution in [0.15, 0.2) is 42.5 Å². The van der Waals surface area contributed by atoms with E-state index in [1.54, 1.807) is 4.90 Å². The van der Waals surface area contributed by atoms with Crippen molar-refractivity contribution < 1.29 is 18.4 Å². The number of amides is 3. The van der Waals surface area contributed by atoms with Gasteiger partial charge in [0.1, 0.15) is 5.01 Å². The molecule has 2 heterocycles. The molecule has 0 spiro atoms. The van der Waals surface area contributed by atoms with Crippen LogP contribution in [0.1, 0.15) is 46.2 Å². The lowest BCUT2D eigenvalue weighted by Gasteiger charge is -2.23. The number of hydrogen-bond acceptors (Lipinski definition) is 5. The molecule has 10 heteroatoms. The molecule has 3 amide bonds. The predicted molar refractivity (Wildman–Crippen MR) is 118 cm³/mol. The highest BCUT2D eigenvalue weighted by Gasteiger charge is 2.33. The van der Waals surface area contributed by atoms with Gasteiger partial charge in [0, 0.05) is 24.0 Å². The van der Waals surface area contributed by atoms with E-state index in [2.05, 4.69) is 20.8 Å². The molecule has 4 rings (SSSR count). The minimum absolute atomic E-state index is 0.0771. The molecule has 0 aliphatic carbocycles. The van der Waals surface area contributed by atoms with E-state index in [1.807, 2.05) is 31.2 Å². The Bertz CT molecular complexity index is 1150. The number of para-hydroxylation sites is 1. The Morgan fingerprint density at radius 2 is 1.94 bits per heavy atom. The Balaban J connectivity index is 1.46. The van der Waals surface area contributed by atoms with E-state index in [9.17, 15) is 18.4 Å². The number of anilines is 2. The summed E-state index contributed by atoms with van der Waals surface area (Å²) >= 11 is 1.08. The summed E-state index contributed by atoms with van der Waals surface area (Å²) < 4.78 is 26.4. The smallest absolute Gasteiger partial charge is 0.320 e. The van der Waals surface area contributed by atoms with Gasteiger partial charge in [-0.3, -0.25) is 4.79 Å². The van der Waals surface area contributed by atoms with Crippen LogP contribution in [-0.2, 0) is 6.42 Å². The molecule has 32 heavy (non-hydrogen) atoms. The number of aromatic nitrogens is 2. The van der Waals surface area contributed by atoms with E-state index in [-0.39, 0.29) is 22.8 Å². The third-order valence-corrected chi connectivity index (χ3v) is 6.27. The number of halogens is 2. The van der Waals surface area contributed by atoms with Gasteiger partial charge in [-0.1, -0.05) is 36.5 Å². The SMILES string of the molecule is CCc1ccccc1NC(=O)N1CCCC1c1nnc(C(=O)Nc2ccc(F)c(F)c2)s1. The third kappa shape index (κ3) is 4.59. The summed E-state index contributed by atoms with van der Waals surface area (Å²) in [6, 6.07) is 10.2. The van der Waals surface area contributed by atoms with Gasteiger partial charge >= 0.3 is 6.03 Å². The number of carbonyl (C=O) groups is 2. The fourth-order valence-corrected chi connectivity index (χ4v) is 4.51. The second-order valence-corrected chi connectivity index (χ2v) is 8.33. The second-order valence-electron chi connectivity index (χ2n) is 7.32. The first kappa shape index (κ1) is 21.8. The molecule has 166 valence electrons. The Morgan fingerprint density at radius 1 is 1.12 bits per heavy atom. The van der Waals surface area contributed by atoms with Crippen molar-refractivity contribution in [3.63, 3.8) is 0 Å². The average molecular weight is 458 g/mol. The van der Waals surface area contributed by atoms with Crippen LogP contribution >= 0.6 is 11.3 Å². The summed E-state index contributed by atoms with van der Waals surface area (Å²) in [6.45, 7) is 2.60. The highest BCUT2D eigenvalue weighted by Crippen LogP contribution is 2.34. The van der Waals surface area contributed by atoms with Crippen molar-refractivity contribution in [1.82, 2.24) is 15.1 Å². The van der Waals surface area contributed by atoms with E-state index in [0.29, 0.717) is 18.0 Å². The lowest BCUT2D eigenvalue weighted by molar-refractivity contribution is 0.102. The monoisotopic (exact) mass is 457 g/mol. The number of rotatable bonds is 5. The molecule has 2 aromatic carbocycles. The summed E-state index contributed by atoms with van der Waals surface area (Å²) in [7, 11) is 0. The zero-order valence-electron chi connectivity index (χ0n) is 17.3. The Hall–Kier alpha value is -3.40. The summed E-state index contributed by atoms with van der Waals surface area (Å²) in [5, 5.41) is 14.1. The molecule has 1 saturated heterocycles.